The van der Waals surface area contributed by atoms with Gasteiger partial charge in [0.25, 0.3) is 0 Å². The smallest absolute Gasteiger partial charge is 0.126 e. The highest BCUT2D eigenvalue weighted by molar-refractivity contribution is 6.17. The second kappa shape index (κ2) is 5.07. The van der Waals surface area contributed by atoms with Gasteiger partial charge in [0.15, 0.2) is 0 Å². The summed E-state index contributed by atoms with van der Waals surface area (Å²) in [5.41, 5.74) is 1.03. The van der Waals surface area contributed by atoms with Gasteiger partial charge in [-0.2, -0.15) is 0 Å². The molecule has 1 rings (SSSR count). The summed E-state index contributed by atoms with van der Waals surface area (Å²) in [6.07, 6.45) is 0.956. The molecule has 0 bridgehead atoms. The quantitative estimate of drug-likeness (QED) is 0.753. The standard InChI is InChI=1S/C10H15ClN2/c1-8-4-3-5-10(12-8)13-9(2)6-7-11/h3-5,9H,6-7H2,1-2H3,(H,12,13). The Hall–Kier alpha value is -0.760. The number of nitrogens with zero attached hydrogens (tertiary/aromatic N) is 1. The molecule has 1 unspecified atom stereocenters. The second-order valence-corrected chi connectivity index (χ2v) is 3.57. The molecule has 0 fully saturated rings. The molecule has 0 aliphatic heterocycles. The zero-order valence-electron chi connectivity index (χ0n) is 8.05. The Morgan fingerprint density at radius 1 is 1.54 bits per heavy atom. The molecule has 0 radical (unpaired) electrons. The molecule has 0 aliphatic rings. The van der Waals surface area contributed by atoms with E-state index < -0.39 is 0 Å². The van der Waals surface area contributed by atoms with Gasteiger partial charge in [0.1, 0.15) is 5.82 Å². The molecular weight excluding hydrogens is 184 g/mol. The normalized spacial score (nSPS) is 12.5. The van der Waals surface area contributed by atoms with Crippen molar-refractivity contribution in [2.75, 3.05) is 11.2 Å². The van der Waals surface area contributed by atoms with Crippen molar-refractivity contribution in [3.63, 3.8) is 0 Å². The van der Waals surface area contributed by atoms with Gasteiger partial charge in [-0.3, -0.25) is 0 Å². The fourth-order valence-electron chi connectivity index (χ4n) is 1.11. The van der Waals surface area contributed by atoms with Gasteiger partial charge in [-0.25, -0.2) is 4.98 Å². The van der Waals surface area contributed by atoms with Crippen molar-refractivity contribution in [2.45, 2.75) is 26.3 Å². The molecule has 0 aromatic carbocycles. The van der Waals surface area contributed by atoms with E-state index in [0.29, 0.717) is 11.9 Å². The number of rotatable bonds is 4. The number of anilines is 1. The molecule has 1 aromatic rings. The molecule has 0 spiro atoms. The maximum atomic E-state index is 5.63. The fourth-order valence-corrected chi connectivity index (χ4v) is 1.44. The van der Waals surface area contributed by atoms with E-state index in [0.717, 1.165) is 17.9 Å². The van der Waals surface area contributed by atoms with Crippen molar-refractivity contribution in [3.8, 4) is 0 Å². The minimum absolute atomic E-state index is 0.381. The lowest BCUT2D eigenvalue weighted by atomic mass is 10.2. The Morgan fingerprint density at radius 3 is 2.92 bits per heavy atom. The number of nitrogens with one attached hydrogen (secondary N) is 1. The summed E-state index contributed by atoms with van der Waals surface area (Å²) in [4.78, 5) is 4.34. The van der Waals surface area contributed by atoms with Crippen LogP contribution in [0.15, 0.2) is 18.2 Å². The minimum Gasteiger partial charge on any atom is -0.368 e. The van der Waals surface area contributed by atoms with Gasteiger partial charge in [0.2, 0.25) is 0 Å². The predicted octanol–water partition coefficient (Wildman–Crippen LogP) is 2.82. The molecule has 13 heavy (non-hydrogen) atoms. The summed E-state index contributed by atoms with van der Waals surface area (Å²) in [6, 6.07) is 6.33. The van der Waals surface area contributed by atoms with Gasteiger partial charge < -0.3 is 5.32 Å². The maximum absolute atomic E-state index is 5.63. The Kier molecular flexibility index (Phi) is 4.03. The van der Waals surface area contributed by atoms with Crippen LogP contribution in [-0.4, -0.2) is 16.9 Å². The Labute approximate surface area is 84.3 Å². The van der Waals surface area contributed by atoms with E-state index in [4.69, 9.17) is 11.6 Å². The van der Waals surface area contributed by atoms with Gasteiger partial charge in [0, 0.05) is 17.6 Å². The summed E-state index contributed by atoms with van der Waals surface area (Å²) < 4.78 is 0. The van der Waals surface area contributed by atoms with Crippen LogP contribution in [0.3, 0.4) is 0 Å². The lowest BCUT2D eigenvalue weighted by Gasteiger charge is -2.12. The van der Waals surface area contributed by atoms with Crippen molar-refractivity contribution in [3.05, 3.63) is 23.9 Å². The number of hydrogen-bond acceptors (Lipinski definition) is 2. The summed E-state index contributed by atoms with van der Waals surface area (Å²) >= 11 is 5.63. The molecule has 72 valence electrons. The van der Waals surface area contributed by atoms with E-state index in [1.54, 1.807) is 0 Å². The van der Waals surface area contributed by atoms with Crippen molar-refractivity contribution < 1.29 is 0 Å². The third-order valence-corrected chi connectivity index (χ3v) is 2.04. The first kappa shape index (κ1) is 10.3. The number of pyridine rings is 1. The topological polar surface area (TPSA) is 24.9 Å². The zero-order chi connectivity index (χ0) is 9.68. The summed E-state index contributed by atoms with van der Waals surface area (Å²) in [5, 5.41) is 3.29. The minimum atomic E-state index is 0.381. The molecule has 1 heterocycles. The molecule has 0 saturated carbocycles. The van der Waals surface area contributed by atoms with E-state index in [1.807, 2.05) is 25.1 Å². The zero-order valence-corrected chi connectivity index (χ0v) is 8.80. The van der Waals surface area contributed by atoms with Crippen LogP contribution in [-0.2, 0) is 0 Å². The van der Waals surface area contributed by atoms with Crippen LogP contribution >= 0.6 is 11.6 Å². The van der Waals surface area contributed by atoms with Gasteiger partial charge in [-0.1, -0.05) is 6.07 Å². The van der Waals surface area contributed by atoms with Crippen LogP contribution in [0.2, 0.25) is 0 Å². The van der Waals surface area contributed by atoms with Gasteiger partial charge in [-0.15, -0.1) is 11.6 Å². The largest absolute Gasteiger partial charge is 0.368 e. The third kappa shape index (κ3) is 3.64. The lowest BCUT2D eigenvalue weighted by molar-refractivity contribution is 0.763. The van der Waals surface area contributed by atoms with Crippen molar-refractivity contribution in [2.24, 2.45) is 0 Å². The molecule has 3 heteroatoms. The Morgan fingerprint density at radius 2 is 2.31 bits per heavy atom. The lowest BCUT2D eigenvalue weighted by Crippen LogP contribution is -2.16. The molecule has 0 aliphatic carbocycles. The second-order valence-electron chi connectivity index (χ2n) is 3.19. The maximum Gasteiger partial charge on any atom is 0.126 e. The van der Waals surface area contributed by atoms with Crippen LogP contribution in [0.4, 0.5) is 5.82 Å². The van der Waals surface area contributed by atoms with Gasteiger partial charge in [0.05, 0.1) is 0 Å². The molecule has 1 aromatic heterocycles. The number of alkyl halides is 1. The molecule has 0 saturated heterocycles. The van der Waals surface area contributed by atoms with E-state index in [-0.39, 0.29) is 0 Å². The number of hydrogen-bond donors (Lipinski definition) is 1. The summed E-state index contributed by atoms with van der Waals surface area (Å²) in [5.74, 6) is 1.61. The van der Waals surface area contributed by atoms with Crippen molar-refractivity contribution >= 4 is 17.4 Å². The summed E-state index contributed by atoms with van der Waals surface area (Å²) in [7, 11) is 0. The SMILES string of the molecule is Cc1cccc(NC(C)CCCl)n1. The Balaban J connectivity index is 2.53. The molecule has 1 atom stereocenters. The first-order valence-electron chi connectivity index (χ1n) is 4.48. The summed E-state index contributed by atoms with van der Waals surface area (Å²) in [6.45, 7) is 4.09. The number of aromatic nitrogens is 1. The van der Waals surface area contributed by atoms with Gasteiger partial charge >= 0.3 is 0 Å². The van der Waals surface area contributed by atoms with Crippen LogP contribution in [0.25, 0.3) is 0 Å². The number of halogens is 1. The highest BCUT2D eigenvalue weighted by Crippen LogP contribution is 2.07. The van der Waals surface area contributed by atoms with E-state index in [2.05, 4.69) is 17.2 Å². The predicted molar refractivity (Wildman–Crippen MR) is 57.4 cm³/mol. The Bertz CT molecular complexity index is 263. The van der Waals surface area contributed by atoms with E-state index in [9.17, 15) is 0 Å². The number of aryl methyl sites for hydroxylation is 1. The molecule has 1 N–H and O–H groups in total. The monoisotopic (exact) mass is 198 g/mol. The molecular formula is C10H15ClN2. The third-order valence-electron chi connectivity index (χ3n) is 1.82. The van der Waals surface area contributed by atoms with Crippen molar-refractivity contribution in [1.82, 2.24) is 4.98 Å². The van der Waals surface area contributed by atoms with E-state index >= 15 is 0 Å². The molecule has 2 nitrogen and oxygen atoms in total. The van der Waals surface area contributed by atoms with Crippen molar-refractivity contribution in [1.29, 1.82) is 0 Å². The van der Waals surface area contributed by atoms with Crippen LogP contribution in [0.1, 0.15) is 19.0 Å². The molecule has 0 amide bonds. The van der Waals surface area contributed by atoms with Crippen LogP contribution in [0.5, 0.6) is 0 Å². The first-order valence-corrected chi connectivity index (χ1v) is 5.02. The highest BCUT2D eigenvalue weighted by Gasteiger charge is 2.01. The van der Waals surface area contributed by atoms with E-state index in [1.165, 1.54) is 0 Å². The van der Waals surface area contributed by atoms with Crippen LogP contribution in [0, 0.1) is 6.92 Å². The highest BCUT2D eigenvalue weighted by atomic mass is 35.5. The average molecular weight is 199 g/mol. The average Bonchev–Trinajstić information content (AvgIpc) is 2.04. The first-order chi connectivity index (χ1) is 6.22. The van der Waals surface area contributed by atoms with Crippen LogP contribution < -0.4 is 5.32 Å². The fraction of sp³-hybridized carbons (Fsp3) is 0.500. The van der Waals surface area contributed by atoms with Gasteiger partial charge in [-0.05, 0) is 32.4 Å².